The average Bonchev–Trinajstić information content (AvgIpc) is 2.47. The molecule has 0 bridgehead atoms. The second-order valence-electron chi connectivity index (χ2n) is 4.74. The summed E-state index contributed by atoms with van der Waals surface area (Å²) in [5.41, 5.74) is 0.987. The van der Waals surface area contributed by atoms with Crippen molar-refractivity contribution in [2.24, 2.45) is 0 Å². The molecular weight excluding hydrogens is 262 g/mol. The fraction of sp³-hybridized carbons (Fsp3) is 0.188. The van der Waals surface area contributed by atoms with E-state index in [1.807, 2.05) is 44.3 Å². The van der Waals surface area contributed by atoms with Crippen LogP contribution in [-0.4, -0.2) is 21.5 Å². The molecule has 0 saturated carbocycles. The Balaban J connectivity index is 1.98. The predicted octanol–water partition coefficient (Wildman–Crippen LogP) is 3.51. The summed E-state index contributed by atoms with van der Waals surface area (Å²) in [5, 5.41) is 8.78. The van der Waals surface area contributed by atoms with E-state index in [0.717, 1.165) is 40.5 Å². The van der Waals surface area contributed by atoms with Crippen LogP contribution >= 0.6 is 0 Å². The number of aromatic nitrogens is 3. The molecule has 0 radical (unpaired) electrons. The molecule has 3 rings (SSSR count). The molecule has 0 unspecified atom stereocenters. The van der Waals surface area contributed by atoms with E-state index in [1.165, 1.54) is 0 Å². The maximum absolute atomic E-state index is 4.44. The standard InChI is InChI=1S/C16H17N5/c1-3-18-15-9-16(20-11(2)19-15)21-14-6-4-5-12-7-8-17-10-13(12)14/h4-10H,3H2,1-2H3,(H2,18,19,20,21). The molecule has 0 fully saturated rings. The van der Waals surface area contributed by atoms with Gasteiger partial charge in [0.25, 0.3) is 0 Å². The lowest BCUT2D eigenvalue weighted by atomic mass is 10.1. The molecule has 2 N–H and O–H groups in total. The first-order chi connectivity index (χ1) is 10.3. The number of aryl methyl sites for hydroxylation is 1. The summed E-state index contributed by atoms with van der Waals surface area (Å²) in [6.07, 6.45) is 3.65. The highest BCUT2D eigenvalue weighted by Crippen LogP contribution is 2.25. The molecule has 0 aliphatic rings. The molecule has 1 aromatic carbocycles. The summed E-state index contributed by atoms with van der Waals surface area (Å²) in [7, 11) is 0. The molecule has 106 valence electrons. The van der Waals surface area contributed by atoms with Crippen LogP contribution in [0, 0.1) is 6.92 Å². The van der Waals surface area contributed by atoms with Gasteiger partial charge in [0, 0.05) is 36.1 Å². The van der Waals surface area contributed by atoms with Gasteiger partial charge in [-0.25, -0.2) is 9.97 Å². The van der Waals surface area contributed by atoms with E-state index in [1.54, 1.807) is 6.20 Å². The molecule has 0 saturated heterocycles. The summed E-state index contributed by atoms with van der Waals surface area (Å²) in [6, 6.07) is 10.0. The maximum atomic E-state index is 4.44. The van der Waals surface area contributed by atoms with Crippen molar-refractivity contribution in [1.29, 1.82) is 0 Å². The van der Waals surface area contributed by atoms with Crippen LogP contribution in [0.5, 0.6) is 0 Å². The lowest BCUT2D eigenvalue weighted by Gasteiger charge is -2.11. The van der Waals surface area contributed by atoms with E-state index in [-0.39, 0.29) is 0 Å². The normalized spacial score (nSPS) is 10.6. The van der Waals surface area contributed by atoms with Gasteiger partial charge in [-0.05, 0) is 31.4 Å². The first kappa shape index (κ1) is 13.3. The first-order valence-electron chi connectivity index (χ1n) is 6.95. The third kappa shape index (κ3) is 2.91. The third-order valence-corrected chi connectivity index (χ3v) is 3.14. The molecule has 0 aliphatic heterocycles. The monoisotopic (exact) mass is 279 g/mol. The summed E-state index contributed by atoms with van der Waals surface area (Å²) in [6.45, 7) is 4.76. The fourth-order valence-electron chi connectivity index (χ4n) is 2.26. The smallest absolute Gasteiger partial charge is 0.136 e. The minimum Gasteiger partial charge on any atom is -0.370 e. The molecule has 5 heteroatoms. The van der Waals surface area contributed by atoms with Crippen LogP contribution in [0.1, 0.15) is 12.7 Å². The Morgan fingerprint density at radius 2 is 1.95 bits per heavy atom. The molecule has 3 aromatic rings. The molecule has 2 heterocycles. The van der Waals surface area contributed by atoms with E-state index >= 15 is 0 Å². The molecule has 0 aliphatic carbocycles. The van der Waals surface area contributed by atoms with Gasteiger partial charge in [-0.3, -0.25) is 4.98 Å². The van der Waals surface area contributed by atoms with E-state index in [2.05, 4.69) is 31.7 Å². The largest absolute Gasteiger partial charge is 0.370 e. The number of pyridine rings is 1. The second kappa shape index (κ2) is 5.75. The molecule has 5 nitrogen and oxygen atoms in total. The minimum absolute atomic E-state index is 0.731. The van der Waals surface area contributed by atoms with Gasteiger partial charge in [0.2, 0.25) is 0 Å². The van der Waals surface area contributed by atoms with Crippen LogP contribution in [0.4, 0.5) is 17.3 Å². The molecule has 21 heavy (non-hydrogen) atoms. The molecule has 0 atom stereocenters. The van der Waals surface area contributed by atoms with Gasteiger partial charge < -0.3 is 10.6 Å². The zero-order valence-electron chi connectivity index (χ0n) is 12.1. The van der Waals surface area contributed by atoms with Crippen molar-refractivity contribution in [2.45, 2.75) is 13.8 Å². The number of benzene rings is 1. The first-order valence-corrected chi connectivity index (χ1v) is 6.95. The second-order valence-corrected chi connectivity index (χ2v) is 4.74. The number of fused-ring (bicyclic) bond motifs is 1. The highest BCUT2D eigenvalue weighted by molar-refractivity contribution is 5.94. The Morgan fingerprint density at radius 3 is 2.81 bits per heavy atom. The number of hydrogen-bond acceptors (Lipinski definition) is 5. The van der Waals surface area contributed by atoms with Crippen molar-refractivity contribution >= 4 is 28.1 Å². The van der Waals surface area contributed by atoms with Crippen molar-refractivity contribution < 1.29 is 0 Å². The Morgan fingerprint density at radius 1 is 1.10 bits per heavy atom. The highest BCUT2D eigenvalue weighted by atomic mass is 15.1. The van der Waals surface area contributed by atoms with Gasteiger partial charge in [-0.15, -0.1) is 0 Å². The quantitative estimate of drug-likeness (QED) is 0.765. The Hall–Kier alpha value is -2.69. The van der Waals surface area contributed by atoms with Crippen molar-refractivity contribution in [2.75, 3.05) is 17.2 Å². The van der Waals surface area contributed by atoms with Gasteiger partial charge in [0.05, 0.1) is 0 Å². The van der Waals surface area contributed by atoms with Gasteiger partial charge >= 0.3 is 0 Å². The van der Waals surface area contributed by atoms with Crippen LogP contribution < -0.4 is 10.6 Å². The van der Waals surface area contributed by atoms with Crippen molar-refractivity contribution in [3.8, 4) is 0 Å². The van der Waals surface area contributed by atoms with Crippen molar-refractivity contribution in [3.05, 3.63) is 48.5 Å². The SMILES string of the molecule is CCNc1cc(Nc2cccc3ccncc23)nc(C)n1. The van der Waals surface area contributed by atoms with Crippen LogP contribution in [0.15, 0.2) is 42.7 Å². The van der Waals surface area contributed by atoms with Crippen molar-refractivity contribution in [1.82, 2.24) is 15.0 Å². The Bertz CT molecular complexity index is 764. The van der Waals surface area contributed by atoms with Crippen LogP contribution in [0.2, 0.25) is 0 Å². The minimum atomic E-state index is 0.731. The number of rotatable bonds is 4. The highest BCUT2D eigenvalue weighted by Gasteiger charge is 2.05. The van der Waals surface area contributed by atoms with E-state index in [4.69, 9.17) is 0 Å². The molecule has 0 amide bonds. The summed E-state index contributed by atoms with van der Waals surface area (Å²) in [4.78, 5) is 13.0. The van der Waals surface area contributed by atoms with Crippen LogP contribution in [-0.2, 0) is 0 Å². The zero-order chi connectivity index (χ0) is 14.7. The molecular formula is C16H17N5. The zero-order valence-corrected chi connectivity index (χ0v) is 12.1. The van der Waals surface area contributed by atoms with E-state index in [0.29, 0.717) is 0 Å². The Kier molecular flexibility index (Phi) is 3.64. The van der Waals surface area contributed by atoms with Crippen LogP contribution in [0.3, 0.4) is 0 Å². The van der Waals surface area contributed by atoms with E-state index < -0.39 is 0 Å². The number of nitrogens with one attached hydrogen (secondary N) is 2. The molecule has 0 spiro atoms. The van der Waals surface area contributed by atoms with Gasteiger partial charge in [0.15, 0.2) is 0 Å². The van der Waals surface area contributed by atoms with Gasteiger partial charge in [-0.2, -0.15) is 0 Å². The molecule has 2 aromatic heterocycles. The van der Waals surface area contributed by atoms with Gasteiger partial charge in [0.1, 0.15) is 17.5 Å². The van der Waals surface area contributed by atoms with E-state index in [9.17, 15) is 0 Å². The van der Waals surface area contributed by atoms with Crippen molar-refractivity contribution in [3.63, 3.8) is 0 Å². The summed E-state index contributed by atoms with van der Waals surface area (Å²) >= 11 is 0. The topological polar surface area (TPSA) is 62.7 Å². The summed E-state index contributed by atoms with van der Waals surface area (Å²) in [5.74, 6) is 2.33. The lowest BCUT2D eigenvalue weighted by molar-refractivity contribution is 1.04. The number of anilines is 3. The third-order valence-electron chi connectivity index (χ3n) is 3.14. The fourth-order valence-corrected chi connectivity index (χ4v) is 2.26. The van der Waals surface area contributed by atoms with Crippen LogP contribution in [0.25, 0.3) is 10.8 Å². The average molecular weight is 279 g/mol. The number of hydrogen-bond donors (Lipinski definition) is 2. The summed E-state index contributed by atoms with van der Waals surface area (Å²) < 4.78 is 0. The Labute approximate surface area is 123 Å². The van der Waals surface area contributed by atoms with Gasteiger partial charge in [-0.1, -0.05) is 12.1 Å². The lowest BCUT2D eigenvalue weighted by Crippen LogP contribution is -2.04. The maximum Gasteiger partial charge on any atom is 0.136 e. The predicted molar refractivity (Wildman–Crippen MR) is 86.0 cm³/mol. The number of nitrogens with zero attached hydrogens (tertiary/aromatic N) is 3.